The van der Waals surface area contributed by atoms with Crippen molar-refractivity contribution in [1.29, 1.82) is 0 Å². The van der Waals surface area contributed by atoms with Crippen molar-refractivity contribution < 1.29 is 13.5 Å². The van der Waals surface area contributed by atoms with Crippen molar-refractivity contribution in [2.75, 3.05) is 4.72 Å². The van der Waals surface area contributed by atoms with Gasteiger partial charge in [0.25, 0.3) is 15.6 Å². The highest BCUT2D eigenvalue weighted by molar-refractivity contribution is 7.92. The molecule has 0 aliphatic heterocycles. The Kier molecular flexibility index (Phi) is 6.03. The molecule has 0 atom stereocenters. The van der Waals surface area contributed by atoms with Crippen LogP contribution < -0.4 is 10.3 Å². The fourth-order valence-electron chi connectivity index (χ4n) is 2.13. The topological polar surface area (TPSA) is 140 Å². The third-order valence-corrected chi connectivity index (χ3v) is 5.64. The van der Waals surface area contributed by atoms with Crippen LogP contribution in [0.25, 0.3) is 0 Å². The van der Waals surface area contributed by atoms with Gasteiger partial charge in [-0.05, 0) is 54.7 Å². The Morgan fingerprint density at radius 1 is 1.03 bits per heavy atom. The van der Waals surface area contributed by atoms with Gasteiger partial charge in [-0.15, -0.1) is 10.2 Å². The normalized spacial score (nSPS) is 11.7. The van der Waals surface area contributed by atoms with Crippen LogP contribution in [0.5, 0.6) is 5.88 Å². The highest BCUT2D eigenvalue weighted by atomic mass is 35.5. The molecule has 0 fully saturated rings. The highest BCUT2D eigenvalue weighted by Gasteiger charge is 2.16. The number of hydrogen-bond acceptors (Lipinski definition) is 7. The Labute approximate surface area is 179 Å². The monoisotopic (exact) mass is 471 g/mol. The molecule has 0 aliphatic carbocycles. The van der Waals surface area contributed by atoms with Gasteiger partial charge < -0.3 is 10.1 Å². The van der Waals surface area contributed by atoms with E-state index in [1.54, 1.807) is 0 Å². The number of nitrogens with one attached hydrogen (secondary N) is 3. The molecule has 1 heterocycles. The number of halogens is 2. The number of anilines is 1. The molecule has 3 rings (SSSR count). The van der Waals surface area contributed by atoms with E-state index >= 15 is 0 Å². The quantitative estimate of drug-likeness (QED) is 0.316. The molecule has 0 saturated carbocycles. The number of azo groups is 1. The second-order valence-corrected chi connectivity index (χ2v) is 8.47. The van der Waals surface area contributed by atoms with Gasteiger partial charge in [0.05, 0.1) is 9.92 Å². The van der Waals surface area contributed by atoms with Crippen LogP contribution in [0.15, 0.2) is 62.4 Å². The molecule has 4 N–H and O–H groups in total. The van der Waals surface area contributed by atoms with Gasteiger partial charge in [-0.2, -0.15) is 0 Å². The van der Waals surface area contributed by atoms with Gasteiger partial charge in [0.2, 0.25) is 11.6 Å². The fraction of sp³-hybridized carbons (Fsp3) is 0. The minimum absolute atomic E-state index is 0.0353. The molecule has 2 aromatic carbocycles. The number of sulfonamides is 1. The van der Waals surface area contributed by atoms with Crippen molar-refractivity contribution in [3.63, 3.8) is 0 Å². The fourth-order valence-corrected chi connectivity index (χ4v) is 3.68. The van der Waals surface area contributed by atoms with E-state index in [4.69, 9.17) is 35.4 Å². The summed E-state index contributed by atoms with van der Waals surface area (Å²) in [5, 5.41) is 17.7. The first-order valence-corrected chi connectivity index (χ1v) is 10.4. The number of aromatic hydroxyl groups is 1. The molecule has 0 radical (unpaired) electrons. The van der Waals surface area contributed by atoms with Crippen LogP contribution in [0.2, 0.25) is 10.0 Å². The van der Waals surface area contributed by atoms with E-state index in [1.165, 1.54) is 42.5 Å². The van der Waals surface area contributed by atoms with Crippen molar-refractivity contribution >= 4 is 62.5 Å². The minimum Gasteiger partial charge on any atom is -0.493 e. The maximum absolute atomic E-state index is 12.6. The first kappa shape index (κ1) is 21.0. The number of hydrogen-bond donors (Lipinski definition) is 4. The minimum atomic E-state index is -3.96. The lowest BCUT2D eigenvalue weighted by Crippen LogP contribution is -2.12. The molecule has 9 nitrogen and oxygen atoms in total. The maximum atomic E-state index is 12.6. The Morgan fingerprint density at radius 3 is 2.38 bits per heavy atom. The maximum Gasteiger partial charge on any atom is 0.283 e. The van der Waals surface area contributed by atoms with Gasteiger partial charge in [-0.25, -0.2) is 8.42 Å². The molecular weight excluding hydrogens is 461 g/mol. The predicted molar refractivity (Wildman–Crippen MR) is 112 cm³/mol. The zero-order valence-corrected chi connectivity index (χ0v) is 17.3. The summed E-state index contributed by atoms with van der Waals surface area (Å²) in [5.74, 6) is -0.591. The van der Waals surface area contributed by atoms with Crippen LogP contribution in [0, 0.1) is 4.77 Å². The van der Waals surface area contributed by atoms with Crippen LogP contribution in [-0.2, 0) is 10.0 Å². The molecule has 0 saturated heterocycles. The molecule has 0 aliphatic rings. The lowest BCUT2D eigenvalue weighted by Gasteiger charge is -2.09. The van der Waals surface area contributed by atoms with Gasteiger partial charge >= 0.3 is 0 Å². The van der Waals surface area contributed by atoms with E-state index in [2.05, 4.69) is 24.9 Å². The summed E-state index contributed by atoms with van der Waals surface area (Å²) in [6, 6.07) is 9.85. The summed E-state index contributed by atoms with van der Waals surface area (Å²) in [5.41, 5.74) is -0.947. The average molecular weight is 472 g/mol. The van der Waals surface area contributed by atoms with Gasteiger partial charge in [0.1, 0.15) is 5.69 Å². The van der Waals surface area contributed by atoms with E-state index in [0.717, 1.165) is 0 Å². The molecular formula is C16H11Cl2N5O4S2. The molecule has 0 amide bonds. The molecule has 0 unspecified atom stereocenters. The van der Waals surface area contributed by atoms with E-state index in [-0.39, 0.29) is 20.4 Å². The number of aromatic nitrogens is 2. The van der Waals surface area contributed by atoms with Crippen LogP contribution in [-0.4, -0.2) is 23.5 Å². The summed E-state index contributed by atoms with van der Waals surface area (Å²) in [4.78, 5) is 16.2. The van der Waals surface area contributed by atoms with Gasteiger partial charge in [0.15, 0.2) is 4.77 Å². The zero-order valence-electron chi connectivity index (χ0n) is 14.2. The van der Waals surface area contributed by atoms with Crippen molar-refractivity contribution in [3.05, 3.63) is 67.6 Å². The molecule has 3 aromatic rings. The number of nitrogens with zero attached hydrogens (tertiary/aromatic N) is 2. The highest BCUT2D eigenvalue weighted by Crippen LogP contribution is 2.31. The lowest BCUT2D eigenvalue weighted by molar-refractivity contribution is 0.451. The second kappa shape index (κ2) is 8.33. The standard InChI is InChI=1S/C16H11Cl2N5O4S2/c17-8-1-3-9(4-2-8)23-29(26,27)10-5-6-11(18)12(7-10)21-22-13-14(24)19-16(28)20-15(13)25/h1-7,23H,(H3,19,20,24,25,28). The van der Waals surface area contributed by atoms with E-state index in [1.807, 2.05) is 0 Å². The SMILES string of the molecule is O=c1[nH]c(=S)[nH]c(O)c1N=Nc1cc(S(=O)(=O)Nc2ccc(Cl)cc2)ccc1Cl. The first-order chi connectivity index (χ1) is 13.7. The Hall–Kier alpha value is -2.73. The Balaban J connectivity index is 1.95. The summed E-state index contributed by atoms with van der Waals surface area (Å²) >= 11 is 16.5. The summed E-state index contributed by atoms with van der Waals surface area (Å²) < 4.78 is 27.5. The summed E-state index contributed by atoms with van der Waals surface area (Å²) in [6.07, 6.45) is 0. The third-order valence-electron chi connectivity index (χ3n) is 3.48. The summed E-state index contributed by atoms with van der Waals surface area (Å²) in [7, 11) is -3.96. The van der Waals surface area contributed by atoms with Crippen LogP contribution in [0.1, 0.15) is 0 Å². The van der Waals surface area contributed by atoms with Gasteiger partial charge in [-0.1, -0.05) is 23.2 Å². The molecule has 0 spiro atoms. The van der Waals surface area contributed by atoms with Crippen LogP contribution in [0.4, 0.5) is 17.1 Å². The van der Waals surface area contributed by atoms with Crippen LogP contribution in [0.3, 0.4) is 0 Å². The predicted octanol–water partition coefficient (Wildman–Crippen LogP) is 4.66. The zero-order chi connectivity index (χ0) is 21.2. The number of aromatic amines is 2. The van der Waals surface area contributed by atoms with Gasteiger partial charge in [0, 0.05) is 10.7 Å². The van der Waals surface area contributed by atoms with Crippen molar-refractivity contribution in [2.24, 2.45) is 10.2 Å². The van der Waals surface area contributed by atoms with Crippen LogP contribution >= 0.6 is 35.4 Å². The number of benzene rings is 2. The average Bonchev–Trinajstić information content (AvgIpc) is 2.63. The summed E-state index contributed by atoms with van der Waals surface area (Å²) in [6.45, 7) is 0. The first-order valence-electron chi connectivity index (χ1n) is 7.71. The van der Waals surface area contributed by atoms with E-state index in [0.29, 0.717) is 10.7 Å². The molecule has 13 heteroatoms. The number of rotatable bonds is 5. The Bertz CT molecular complexity index is 1320. The lowest BCUT2D eigenvalue weighted by atomic mass is 10.3. The number of H-pyrrole nitrogens is 2. The van der Waals surface area contributed by atoms with E-state index < -0.39 is 27.1 Å². The van der Waals surface area contributed by atoms with Crippen molar-refractivity contribution in [2.45, 2.75) is 4.90 Å². The van der Waals surface area contributed by atoms with Crippen molar-refractivity contribution in [1.82, 2.24) is 9.97 Å². The smallest absolute Gasteiger partial charge is 0.283 e. The van der Waals surface area contributed by atoms with E-state index in [9.17, 15) is 18.3 Å². The van der Waals surface area contributed by atoms with Gasteiger partial charge in [-0.3, -0.25) is 14.5 Å². The Morgan fingerprint density at radius 2 is 1.72 bits per heavy atom. The molecule has 29 heavy (non-hydrogen) atoms. The largest absolute Gasteiger partial charge is 0.493 e. The second-order valence-electron chi connectivity index (χ2n) is 5.53. The molecule has 150 valence electrons. The third kappa shape index (κ3) is 5.01. The van der Waals surface area contributed by atoms with Crippen molar-refractivity contribution in [3.8, 4) is 5.88 Å². The molecule has 0 bridgehead atoms. The molecule has 1 aromatic heterocycles.